The van der Waals surface area contributed by atoms with Gasteiger partial charge >= 0.3 is 5.97 Å². The number of aromatic nitrogens is 2. The van der Waals surface area contributed by atoms with Crippen molar-refractivity contribution >= 4 is 23.4 Å². The van der Waals surface area contributed by atoms with E-state index in [9.17, 15) is 9.18 Å². The van der Waals surface area contributed by atoms with Crippen LogP contribution in [0, 0.1) is 5.82 Å². The number of halogens is 2. The van der Waals surface area contributed by atoms with Gasteiger partial charge in [-0.25, -0.2) is 9.37 Å². The summed E-state index contributed by atoms with van der Waals surface area (Å²) in [7, 11) is 0. The summed E-state index contributed by atoms with van der Waals surface area (Å²) >= 11 is 5.46. The maximum atomic E-state index is 13.1. The van der Waals surface area contributed by atoms with Gasteiger partial charge in [-0.3, -0.25) is 4.79 Å². The Bertz CT molecular complexity index is 375. The van der Waals surface area contributed by atoms with Crippen molar-refractivity contribution in [2.24, 2.45) is 0 Å². The molecule has 5 nitrogen and oxygen atoms in total. The Morgan fingerprint density at radius 1 is 1.80 bits per heavy atom. The number of nitrogens with zero attached hydrogens (tertiary/aromatic N) is 2. The predicted molar refractivity (Wildman–Crippen MR) is 52.3 cm³/mol. The van der Waals surface area contributed by atoms with Gasteiger partial charge < -0.3 is 10.4 Å². The second-order valence-corrected chi connectivity index (χ2v) is 3.32. The van der Waals surface area contributed by atoms with Crippen LogP contribution in [0.25, 0.3) is 0 Å². The van der Waals surface area contributed by atoms with E-state index in [0.29, 0.717) is 0 Å². The molecule has 1 aromatic heterocycles. The molecule has 1 rings (SSSR count). The van der Waals surface area contributed by atoms with Gasteiger partial charge in [0.25, 0.3) is 0 Å². The van der Waals surface area contributed by atoms with Gasteiger partial charge in [-0.1, -0.05) is 0 Å². The Morgan fingerprint density at radius 3 is 3.07 bits per heavy atom. The number of carboxylic acids is 1. The summed E-state index contributed by atoms with van der Waals surface area (Å²) in [6.07, 6.45) is 0.784. The average molecular weight is 234 g/mol. The minimum Gasteiger partial charge on any atom is -0.481 e. The van der Waals surface area contributed by atoms with Crippen LogP contribution in [0.2, 0.25) is 5.28 Å². The zero-order chi connectivity index (χ0) is 11.4. The number of carbonyl (C=O) groups is 1. The van der Waals surface area contributed by atoms with Gasteiger partial charge in [0.1, 0.15) is 0 Å². The summed E-state index contributed by atoms with van der Waals surface area (Å²) in [6, 6.07) is -0.442. The minimum absolute atomic E-state index is 0.0937. The van der Waals surface area contributed by atoms with Gasteiger partial charge in [0.2, 0.25) is 5.28 Å². The van der Waals surface area contributed by atoms with Crippen LogP contribution in [0.1, 0.15) is 13.3 Å². The lowest BCUT2D eigenvalue weighted by molar-refractivity contribution is -0.137. The lowest BCUT2D eigenvalue weighted by atomic mass is 10.2. The molecule has 0 amide bonds. The van der Waals surface area contributed by atoms with Crippen molar-refractivity contribution in [2.45, 2.75) is 19.4 Å². The molecule has 0 saturated heterocycles. The van der Waals surface area contributed by atoms with Crippen molar-refractivity contribution in [3.8, 4) is 0 Å². The Morgan fingerprint density at radius 2 is 2.47 bits per heavy atom. The number of carboxylic acid groups (broad SMARTS) is 1. The molecular formula is C8H9ClFN3O2. The number of hydrogen-bond donors (Lipinski definition) is 2. The Labute approximate surface area is 90.3 Å². The van der Waals surface area contributed by atoms with E-state index in [0.717, 1.165) is 6.20 Å². The second kappa shape index (κ2) is 4.88. The van der Waals surface area contributed by atoms with Crippen LogP contribution in [-0.2, 0) is 4.79 Å². The molecule has 1 heterocycles. The van der Waals surface area contributed by atoms with Crippen LogP contribution in [0.5, 0.6) is 0 Å². The zero-order valence-electron chi connectivity index (χ0n) is 7.87. The fraction of sp³-hybridized carbons (Fsp3) is 0.375. The first-order valence-electron chi connectivity index (χ1n) is 4.15. The molecule has 1 atom stereocenters. The third-order valence-corrected chi connectivity index (χ3v) is 1.76. The van der Waals surface area contributed by atoms with E-state index in [-0.39, 0.29) is 17.5 Å². The summed E-state index contributed by atoms with van der Waals surface area (Å²) in [5.41, 5.74) is 0. The molecule has 82 valence electrons. The molecule has 0 aliphatic heterocycles. The molecule has 0 aromatic carbocycles. The van der Waals surface area contributed by atoms with Crippen molar-refractivity contribution in [3.05, 3.63) is 17.3 Å². The highest BCUT2D eigenvalue weighted by Gasteiger charge is 2.11. The van der Waals surface area contributed by atoms with Crippen LogP contribution in [0.3, 0.4) is 0 Å². The van der Waals surface area contributed by atoms with Crippen molar-refractivity contribution in [2.75, 3.05) is 5.32 Å². The van der Waals surface area contributed by atoms with Gasteiger partial charge in [-0.2, -0.15) is 4.98 Å². The van der Waals surface area contributed by atoms with Crippen LogP contribution < -0.4 is 5.32 Å². The molecule has 0 bridgehead atoms. The third-order valence-electron chi connectivity index (χ3n) is 1.58. The second-order valence-electron chi connectivity index (χ2n) is 2.98. The van der Waals surface area contributed by atoms with E-state index >= 15 is 0 Å². The van der Waals surface area contributed by atoms with E-state index in [4.69, 9.17) is 16.7 Å². The average Bonchev–Trinajstić information content (AvgIpc) is 2.10. The summed E-state index contributed by atoms with van der Waals surface area (Å²) in [6.45, 7) is 1.60. The summed E-state index contributed by atoms with van der Waals surface area (Å²) < 4.78 is 13.1. The number of hydrogen-bond acceptors (Lipinski definition) is 4. The number of aliphatic carboxylic acids is 1. The van der Waals surface area contributed by atoms with Crippen molar-refractivity contribution in [3.63, 3.8) is 0 Å². The molecule has 0 radical (unpaired) electrons. The lowest BCUT2D eigenvalue weighted by Crippen LogP contribution is -2.20. The topological polar surface area (TPSA) is 75.1 Å². The van der Waals surface area contributed by atoms with E-state index < -0.39 is 17.8 Å². The fourth-order valence-corrected chi connectivity index (χ4v) is 1.13. The number of anilines is 1. The Hall–Kier alpha value is -1.43. The molecule has 0 fully saturated rings. The van der Waals surface area contributed by atoms with Crippen LogP contribution in [-0.4, -0.2) is 27.1 Å². The molecule has 0 spiro atoms. The highest BCUT2D eigenvalue weighted by Crippen LogP contribution is 2.13. The Balaban J connectivity index is 2.71. The van der Waals surface area contributed by atoms with Gasteiger partial charge in [-0.05, 0) is 18.5 Å². The largest absolute Gasteiger partial charge is 0.481 e. The number of nitrogens with one attached hydrogen (secondary N) is 1. The maximum absolute atomic E-state index is 13.1. The monoisotopic (exact) mass is 233 g/mol. The first-order valence-corrected chi connectivity index (χ1v) is 4.53. The molecule has 15 heavy (non-hydrogen) atoms. The predicted octanol–water partition coefficient (Wildman–Crippen LogP) is 1.54. The van der Waals surface area contributed by atoms with Crippen molar-refractivity contribution < 1.29 is 14.3 Å². The van der Waals surface area contributed by atoms with E-state index in [1.807, 2.05) is 0 Å². The van der Waals surface area contributed by atoms with E-state index in [1.165, 1.54) is 0 Å². The number of rotatable bonds is 4. The fourth-order valence-electron chi connectivity index (χ4n) is 0.993. The highest BCUT2D eigenvalue weighted by atomic mass is 35.5. The van der Waals surface area contributed by atoms with Crippen molar-refractivity contribution in [1.29, 1.82) is 0 Å². The smallest absolute Gasteiger partial charge is 0.305 e. The molecule has 2 N–H and O–H groups in total. The normalized spacial score (nSPS) is 12.2. The summed E-state index contributed by atoms with van der Waals surface area (Å²) in [4.78, 5) is 17.4. The van der Waals surface area contributed by atoms with Gasteiger partial charge in [0, 0.05) is 6.04 Å². The zero-order valence-corrected chi connectivity index (χ0v) is 8.62. The van der Waals surface area contributed by atoms with Gasteiger partial charge in [0.05, 0.1) is 12.6 Å². The van der Waals surface area contributed by atoms with Crippen LogP contribution in [0.15, 0.2) is 6.20 Å². The standard InChI is InChI=1S/C8H9ClFN3O2/c1-4(2-6(14)15)12-7-5(10)3-11-8(9)13-7/h3-4H,2H2,1H3,(H,14,15)(H,11,12,13). The van der Waals surface area contributed by atoms with Crippen molar-refractivity contribution in [1.82, 2.24) is 9.97 Å². The molecular weight excluding hydrogens is 225 g/mol. The molecule has 0 aliphatic rings. The van der Waals surface area contributed by atoms with E-state index in [2.05, 4.69) is 15.3 Å². The maximum Gasteiger partial charge on any atom is 0.305 e. The summed E-state index contributed by atoms with van der Waals surface area (Å²) in [5, 5.41) is 11.0. The van der Waals surface area contributed by atoms with Gasteiger partial charge in [-0.15, -0.1) is 0 Å². The van der Waals surface area contributed by atoms with Gasteiger partial charge in [0.15, 0.2) is 11.6 Å². The molecule has 0 aliphatic carbocycles. The molecule has 1 aromatic rings. The van der Waals surface area contributed by atoms with Crippen LogP contribution in [0.4, 0.5) is 10.2 Å². The summed E-state index contributed by atoms with van der Waals surface area (Å²) in [5.74, 6) is -1.74. The SMILES string of the molecule is CC(CC(=O)O)Nc1nc(Cl)ncc1F. The molecule has 1 unspecified atom stereocenters. The molecule has 0 saturated carbocycles. The van der Waals surface area contributed by atoms with Crippen LogP contribution >= 0.6 is 11.6 Å². The quantitative estimate of drug-likeness (QED) is 0.772. The lowest BCUT2D eigenvalue weighted by Gasteiger charge is -2.12. The Kier molecular flexibility index (Phi) is 3.79. The highest BCUT2D eigenvalue weighted by molar-refractivity contribution is 6.28. The first kappa shape index (κ1) is 11.6. The first-order chi connectivity index (χ1) is 6.99. The third kappa shape index (κ3) is 3.67. The van der Waals surface area contributed by atoms with E-state index in [1.54, 1.807) is 6.92 Å². The minimum atomic E-state index is -0.976. The molecule has 7 heteroatoms.